The zero-order valence-corrected chi connectivity index (χ0v) is 20.9. The Morgan fingerprint density at radius 2 is 1.87 bits per heavy atom. The van der Waals surface area contributed by atoms with Gasteiger partial charge in [0.25, 0.3) is 6.43 Å². The molecule has 7 nitrogen and oxygen atoms in total. The van der Waals surface area contributed by atoms with Crippen molar-refractivity contribution in [1.29, 1.82) is 10.5 Å². The fourth-order valence-electron chi connectivity index (χ4n) is 6.33. The average Bonchev–Trinajstić information content (AvgIpc) is 3.30. The van der Waals surface area contributed by atoms with Crippen LogP contribution >= 0.6 is 0 Å². The van der Waals surface area contributed by atoms with Gasteiger partial charge in [-0.05, 0) is 42.6 Å². The first kappa shape index (κ1) is 25.6. The molecule has 2 aliphatic rings. The molecule has 1 N–H and O–H groups in total. The maximum absolute atomic E-state index is 13.3. The van der Waals surface area contributed by atoms with E-state index in [0.29, 0.717) is 16.7 Å². The van der Waals surface area contributed by atoms with Crippen LogP contribution in [0.2, 0.25) is 0 Å². The maximum Gasteiger partial charge on any atom is 0.251 e. The fourth-order valence-corrected chi connectivity index (χ4v) is 6.33. The standard InChI is InChI=1S/C29H26F2N4O3/c1-35(17-24(30)31)16-20-13-28(36)26-23(12-22(15-33)34-27(26)37-2)38-29(28,21-10-8-18(14-32)9-11-21)25(20)19-6-4-3-5-7-19/h3-12,20,24-25,36H,13,16-17H2,1-2H3/t20-,25?,28?,29?/m1/s1. The smallest absolute Gasteiger partial charge is 0.251 e. The normalized spacial score (nSPS) is 25.4. The van der Waals surface area contributed by atoms with Gasteiger partial charge in [0.15, 0.2) is 5.60 Å². The van der Waals surface area contributed by atoms with Crippen molar-refractivity contribution in [3.63, 3.8) is 0 Å². The van der Waals surface area contributed by atoms with Gasteiger partial charge in [-0.1, -0.05) is 42.5 Å². The third kappa shape index (κ3) is 3.87. The number of hydrogen-bond donors (Lipinski definition) is 1. The maximum atomic E-state index is 13.3. The number of methoxy groups -OCH3 is 1. The minimum absolute atomic E-state index is 0.0728. The number of fused-ring (bicyclic) bond motifs is 3. The highest BCUT2D eigenvalue weighted by Gasteiger charge is 2.72. The van der Waals surface area contributed by atoms with Gasteiger partial charge < -0.3 is 19.5 Å². The van der Waals surface area contributed by atoms with E-state index >= 15 is 0 Å². The first-order chi connectivity index (χ1) is 18.3. The van der Waals surface area contributed by atoms with Crippen molar-refractivity contribution < 1.29 is 23.4 Å². The molecule has 38 heavy (non-hydrogen) atoms. The number of rotatable bonds is 7. The molecule has 3 aromatic rings. The highest BCUT2D eigenvalue weighted by molar-refractivity contribution is 5.59. The summed E-state index contributed by atoms with van der Waals surface area (Å²) in [6, 6.07) is 21.9. The zero-order valence-electron chi connectivity index (χ0n) is 20.9. The molecule has 3 unspecified atom stereocenters. The Hall–Kier alpha value is -4.05. The summed E-state index contributed by atoms with van der Waals surface area (Å²) in [5.41, 5.74) is -0.777. The Balaban J connectivity index is 1.78. The molecule has 0 radical (unpaired) electrons. The Labute approximate surface area is 219 Å². The Morgan fingerprint density at radius 1 is 1.16 bits per heavy atom. The van der Waals surface area contributed by atoms with E-state index in [-0.39, 0.29) is 36.2 Å². The van der Waals surface area contributed by atoms with Gasteiger partial charge in [0.2, 0.25) is 5.88 Å². The van der Waals surface area contributed by atoms with Crippen LogP contribution in [0.5, 0.6) is 11.6 Å². The van der Waals surface area contributed by atoms with E-state index in [1.165, 1.54) is 13.2 Å². The van der Waals surface area contributed by atoms with E-state index in [9.17, 15) is 24.4 Å². The van der Waals surface area contributed by atoms with E-state index in [1.807, 2.05) is 36.4 Å². The van der Waals surface area contributed by atoms with Crippen molar-refractivity contribution in [2.75, 3.05) is 27.2 Å². The molecule has 194 valence electrons. The van der Waals surface area contributed by atoms with Crippen LogP contribution in [0, 0.1) is 28.6 Å². The van der Waals surface area contributed by atoms with Crippen LogP contribution in [-0.2, 0) is 11.2 Å². The molecule has 2 aromatic carbocycles. The first-order valence-electron chi connectivity index (χ1n) is 12.2. The number of aliphatic hydroxyl groups is 1. The van der Waals surface area contributed by atoms with Gasteiger partial charge in [0.1, 0.15) is 23.1 Å². The molecule has 0 saturated heterocycles. The van der Waals surface area contributed by atoms with Crippen LogP contribution in [0.15, 0.2) is 60.7 Å². The third-order valence-corrected chi connectivity index (χ3v) is 7.62. The van der Waals surface area contributed by atoms with Crippen molar-refractivity contribution in [3.8, 4) is 23.8 Å². The minimum Gasteiger partial charge on any atom is -0.481 e. The first-order valence-corrected chi connectivity index (χ1v) is 12.2. The van der Waals surface area contributed by atoms with E-state index in [4.69, 9.17) is 9.47 Å². The summed E-state index contributed by atoms with van der Waals surface area (Å²) >= 11 is 0. The number of halogens is 2. The Bertz CT molecular complexity index is 1420. The van der Waals surface area contributed by atoms with Crippen LogP contribution in [0.4, 0.5) is 8.78 Å². The number of nitrogens with zero attached hydrogens (tertiary/aromatic N) is 4. The van der Waals surface area contributed by atoms with Gasteiger partial charge in [-0.15, -0.1) is 0 Å². The van der Waals surface area contributed by atoms with Crippen LogP contribution in [0.25, 0.3) is 0 Å². The lowest BCUT2D eigenvalue weighted by molar-refractivity contribution is -0.106. The summed E-state index contributed by atoms with van der Waals surface area (Å²) in [5, 5.41) is 31.7. The molecular weight excluding hydrogens is 490 g/mol. The van der Waals surface area contributed by atoms with Crippen molar-refractivity contribution in [2.24, 2.45) is 5.92 Å². The van der Waals surface area contributed by atoms with E-state index < -0.39 is 30.1 Å². The molecule has 1 fully saturated rings. The van der Waals surface area contributed by atoms with Crippen molar-refractivity contribution in [3.05, 3.63) is 88.6 Å². The largest absolute Gasteiger partial charge is 0.481 e. The molecule has 1 saturated carbocycles. The summed E-state index contributed by atoms with van der Waals surface area (Å²) in [6.07, 6.45) is -2.34. The number of hydrogen-bond acceptors (Lipinski definition) is 7. The molecule has 5 rings (SSSR count). The molecule has 4 atom stereocenters. The molecule has 0 spiro atoms. The zero-order chi connectivity index (χ0) is 27.1. The lowest BCUT2D eigenvalue weighted by Crippen LogP contribution is -2.48. The second kappa shape index (κ2) is 9.68. The quantitative estimate of drug-likeness (QED) is 0.499. The minimum atomic E-state index is -2.50. The molecular formula is C29H26F2N4O3. The molecule has 1 aliphatic heterocycles. The summed E-state index contributed by atoms with van der Waals surface area (Å²) in [4.78, 5) is 5.85. The van der Waals surface area contributed by atoms with Gasteiger partial charge in [0.05, 0.1) is 30.9 Å². The second-order valence-corrected chi connectivity index (χ2v) is 9.85. The lowest BCUT2D eigenvalue weighted by Gasteiger charge is -2.41. The van der Waals surface area contributed by atoms with E-state index in [0.717, 1.165) is 5.56 Å². The molecule has 1 aliphatic carbocycles. The topological polar surface area (TPSA) is 102 Å². The summed E-state index contributed by atoms with van der Waals surface area (Å²) in [7, 11) is 3.04. The Morgan fingerprint density at radius 3 is 2.47 bits per heavy atom. The fraction of sp³-hybridized carbons (Fsp3) is 0.345. The SMILES string of the molecule is COc1nc(C#N)cc2c1C1(O)C[C@H](CN(C)CC(F)F)C(c3ccccc3)C1(c1ccc(C#N)cc1)O2. The van der Waals surface area contributed by atoms with Gasteiger partial charge >= 0.3 is 0 Å². The predicted octanol–water partition coefficient (Wildman–Crippen LogP) is 4.31. The number of nitriles is 2. The van der Waals surface area contributed by atoms with Gasteiger partial charge in [-0.25, -0.2) is 13.8 Å². The average molecular weight is 517 g/mol. The summed E-state index contributed by atoms with van der Waals surface area (Å²) in [5.74, 6) is -0.439. The summed E-state index contributed by atoms with van der Waals surface area (Å²) in [6.45, 7) is -0.136. The van der Waals surface area contributed by atoms with Gasteiger partial charge in [0, 0.05) is 18.5 Å². The van der Waals surface area contributed by atoms with Gasteiger partial charge in [-0.2, -0.15) is 10.5 Å². The monoisotopic (exact) mass is 516 g/mol. The lowest BCUT2D eigenvalue weighted by atomic mass is 9.71. The van der Waals surface area contributed by atoms with E-state index in [1.54, 1.807) is 36.2 Å². The molecule has 2 heterocycles. The van der Waals surface area contributed by atoms with Crippen LogP contribution in [0.3, 0.4) is 0 Å². The number of pyridine rings is 1. The van der Waals surface area contributed by atoms with Crippen molar-refractivity contribution in [1.82, 2.24) is 9.88 Å². The highest BCUT2D eigenvalue weighted by atomic mass is 19.3. The number of ether oxygens (including phenoxy) is 2. The molecule has 1 aromatic heterocycles. The van der Waals surface area contributed by atoms with Crippen LogP contribution in [-0.4, -0.2) is 48.7 Å². The van der Waals surface area contributed by atoms with Crippen molar-refractivity contribution in [2.45, 2.75) is 30.0 Å². The molecule has 9 heteroatoms. The number of benzene rings is 2. The molecule has 0 bridgehead atoms. The second-order valence-electron chi connectivity index (χ2n) is 9.85. The predicted molar refractivity (Wildman–Crippen MR) is 134 cm³/mol. The van der Waals surface area contributed by atoms with Gasteiger partial charge in [-0.3, -0.25) is 0 Å². The number of aromatic nitrogens is 1. The summed E-state index contributed by atoms with van der Waals surface area (Å²) < 4.78 is 38.8. The van der Waals surface area contributed by atoms with E-state index in [2.05, 4.69) is 11.1 Å². The highest BCUT2D eigenvalue weighted by Crippen LogP contribution is 2.69. The third-order valence-electron chi connectivity index (χ3n) is 7.62. The molecule has 0 amide bonds. The van der Waals surface area contributed by atoms with Crippen molar-refractivity contribution >= 4 is 0 Å². The Kier molecular flexibility index (Phi) is 6.52. The van der Waals surface area contributed by atoms with Crippen LogP contribution in [0.1, 0.15) is 40.3 Å². The number of alkyl halides is 2. The van der Waals surface area contributed by atoms with Crippen LogP contribution < -0.4 is 9.47 Å².